The topological polar surface area (TPSA) is 51.0 Å². The lowest BCUT2D eigenvalue weighted by atomic mass is 10.2. The number of hydrogen-bond acceptors (Lipinski definition) is 3. The average Bonchev–Trinajstić information content (AvgIpc) is 2.97. The third-order valence-electron chi connectivity index (χ3n) is 4.82. The van der Waals surface area contributed by atoms with Crippen LogP contribution in [0.5, 0.6) is 0 Å². The molecule has 0 spiro atoms. The van der Waals surface area contributed by atoms with Crippen molar-refractivity contribution in [1.29, 1.82) is 0 Å². The number of hydrogen-bond donors (Lipinski definition) is 0. The summed E-state index contributed by atoms with van der Waals surface area (Å²) in [5.41, 5.74) is 4.32. The molecule has 2 aromatic heterocycles. The molecule has 0 atom stereocenters. The third kappa shape index (κ3) is 2.79. The van der Waals surface area contributed by atoms with Crippen molar-refractivity contribution in [2.45, 2.75) is 26.3 Å². The van der Waals surface area contributed by atoms with Gasteiger partial charge in [-0.05, 0) is 24.6 Å². The second kappa shape index (κ2) is 6.75. The summed E-state index contributed by atoms with van der Waals surface area (Å²) in [5, 5.41) is 1.03. The van der Waals surface area contributed by atoms with Crippen molar-refractivity contribution in [3.8, 4) is 0 Å². The lowest BCUT2D eigenvalue weighted by molar-refractivity contribution is -0.130. The molecule has 0 fully saturated rings. The number of nitrogens with zero attached hydrogens (tertiary/aromatic N) is 4. The number of fused-ring (bicyclic) bond motifs is 4. The van der Waals surface area contributed by atoms with E-state index in [1.807, 2.05) is 60.1 Å². The van der Waals surface area contributed by atoms with Crippen LogP contribution >= 0.6 is 0 Å². The van der Waals surface area contributed by atoms with Crippen LogP contribution in [0, 0.1) is 0 Å². The molecule has 0 unspecified atom stereocenters. The van der Waals surface area contributed by atoms with Gasteiger partial charge in [0.05, 0.1) is 16.6 Å². The molecule has 0 bridgehead atoms. The zero-order valence-corrected chi connectivity index (χ0v) is 15.1. The van der Waals surface area contributed by atoms with Crippen LogP contribution in [0.3, 0.4) is 0 Å². The Bertz CT molecular complexity index is 1100. The minimum atomic E-state index is 0.0936. The maximum Gasteiger partial charge on any atom is 0.242 e. The fourth-order valence-corrected chi connectivity index (χ4v) is 3.32. The molecule has 4 rings (SSSR count). The molecule has 132 valence electrons. The lowest BCUT2D eigenvalue weighted by Crippen LogP contribution is -2.31. The molecule has 5 heteroatoms. The van der Waals surface area contributed by atoms with E-state index in [1.165, 1.54) is 0 Å². The van der Waals surface area contributed by atoms with Crippen molar-refractivity contribution in [3.63, 3.8) is 0 Å². The van der Waals surface area contributed by atoms with Crippen LogP contribution in [-0.4, -0.2) is 38.9 Å². The normalized spacial score (nSPS) is 11.5. The SMILES string of the molecule is CCCCN(C)C(=O)Cn1c2ccccc2c2nc3ccccc3nc21. The van der Waals surface area contributed by atoms with Crippen molar-refractivity contribution >= 4 is 39.0 Å². The number of likely N-dealkylation sites (N-methyl/N-ethyl adjacent to an activating group) is 1. The van der Waals surface area contributed by atoms with E-state index >= 15 is 0 Å². The van der Waals surface area contributed by atoms with E-state index in [9.17, 15) is 4.79 Å². The Kier molecular flexibility index (Phi) is 4.29. The van der Waals surface area contributed by atoms with E-state index in [0.717, 1.165) is 52.5 Å². The fourth-order valence-electron chi connectivity index (χ4n) is 3.32. The van der Waals surface area contributed by atoms with E-state index in [-0.39, 0.29) is 12.5 Å². The van der Waals surface area contributed by atoms with Gasteiger partial charge in [0.2, 0.25) is 5.91 Å². The van der Waals surface area contributed by atoms with E-state index in [1.54, 1.807) is 4.90 Å². The van der Waals surface area contributed by atoms with Crippen molar-refractivity contribution in [3.05, 3.63) is 48.5 Å². The number of unbranched alkanes of at least 4 members (excludes halogenated alkanes) is 1. The van der Waals surface area contributed by atoms with Crippen LogP contribution in [0.1, 0.15) is 19.8 Å². The number of carbonyl (C=O) groups excluding carboxylic acids is 1. The maximum atomic E-state index is 12.7. The van der Waals surface area contributed by atoms with Crippen LogP contribution in [0.25, 0.3) is 33.1 Å². The van der Waals surface area contributed by atoms with Gasteiger partial charge in [0.25, 0.3) is 0 Å². The number of aromatic nitrogens is 3. The summed E-state index contributed by atoms with van der Waals surface area (Å²) in [4.78, 5) is 24.2. The third-order valence-corrected chi connectivity index (χ3v) is 4.82. The second-order valence-electron chi connectivity index (χ2n) is 6.66. The molecule has 0 radical (unpaired) electrons. The van der Waals surface area contributed by atoms with Gasteiger partial charge in [-0.3, -0.25) is 4.79 Å². The molecule has 1 amide bonds. The predicted octanol–water partition coefficient (Wildman–Crippen LogP) is 4.00. The molecule has 0 aliphatic heterocycles. The first-order valence-electron chi connectivity index (χ1n) is 9.06. The Hall–Kier alpha value is -2.95. The minimum Gasteiger partial charge on any atom is -0.344 e. The molecule has 0 saturated carbocycles. The minimum absolute atomic E-state index is 0.0936. The lowest BCUT2D eigenvalue weighted by Gasteiger charge is -2.17. The molecule has 5 nitrogen and oxygen atoms in total. The Morgan fingerprint density at radius 3 is 2.50 bits per heavy atom. The molecule has 0 saturated heterocycles. The van der Waals surface area contributed by atoms with Crippen molar-refractivity contribution in [2.24, 2.45) is 0 Å². The van der Waals surface area contributed by atoms with Crippen molar-refractivity contribution < 1.29 is 4.79 Å². The molecule has 0 aliphatic carbocycles. The first kappa shape index (κ1) is 16.5. The Balaban J connectivity index is 1.86. The molecule has 0 N–H and O–H groups in total. The average molecular weight is 346 g/mol. The van der Waals surface area contributed by atoms with E-state index in [4.69, 9.17) is 9.97 Å². The van der Waals surface area contributed by atoms with Crippen molar-refractivity contribution in [1.82, 2.24) is 19.4 Å². The van der Waals surface area contributed by atoms with Gasteiger partial charge in [0.1, 0.15) is 12.1 Å². The molecule has 2 aromatic carbocycles. The van der Waals surface area contributed by atoms with Gasteiger partial charge in [-0.1, -0.05) is 43.7 Å². The predicted molar refractivity (Wildman–Crippen MR) is 105 cm³/mol. The van der Waals surface area contributed by atoms with Gasteiger partial charge in [0, 0.05) is 19.0 Å². The first-order chi connectivity index (χ1) is 12.7. The van der Waals surface area contributed by atoms with E-state index < -0.39 is 0 Å². The van der Waals surface area contributed by atoms with Gasteiger partial charge in [0.15, 0.2) is 5.65 Å². The molecule has 4 aromatic rings. The smallest absolute Gasteiger partial charge is 0.242 e. The number of rotatable bonds is 5. The molecular formula is C21H22N4O. The number of benzene rings is 2. The quantitative estimate of drug-likeness (QED) is 0.549. The highest BCUT2D eigenvalue weighted by molar-refractivity contribution is 6.07. The van der Waals surface area contributed by atoms with Gasteiger partial charge in [-0.15, -0.1) is 0 Å². The summed E-state index contributed by atoms with van der Waals surface area (Å²) < 4.78 is 1.99. The molecule has 2 heterocycles. The van der Waals surface area contributed by atoms with Gasteiger partial charge < -0.3 is 9.47 Å². The van der Waals surface area contributed by atoms with Gasteiger partial charge in [-0.2, -0.15) is 0 Å². The van der Waals surface area contributed by atoms with Crippen LogP contribution in [0.15, 0.2) is 48.5 Å². The van der Waals surface area contributed by atoms with Crippen LogP contribution in [0.2, 0.25) is 0 Å². The monoisotopic (exact) mass is 346 g/mol. The zero-order valence-electron chi connectivity index (χ0n) is 15.1. The summed E-state index contributed by atoms with van der Waals surface area (Å²) in [7, 11) is 1.87. The highest BCUT2D eigenvalue weighted by atomic mass is 16.2. The first-order valence-corrected chi connectivity index (χ1v) is 9.06. The van der Waals surface area contributed by atoms with Crippen LogP contribution in [0.4, 0.5) is 0 Å². The highest BCUT2D eigenvalue weighted by Gasteiger charge is 2.17. The van der Waals surface area contributed by atoms with Crippen molar-refractivity contribution in [2.75, 3.05) is 13.6 Å². The zero-order chi connectivity index (χ0) is 18.1. The Labute approximate surface area is 152 Å². The highest BCUT2D eigenvalue weighted by Crippen LogP contribution is 2.28. The molecule has 26 heavy (non-hydrogen) atoms. The fraction of sp³-hybridized carbons (Fsp3) is 0.286. The molecular weight excluding hydrogens is 324 g/mol. The summed E-state index contributed by atoms with van der Waals surface area (Å²) >= 11 is 0. The number of carbonyl (C=O) groups is 1. The maximum absolute atomic E-state index is 12.7. The summed E-state index contributed by atoms with van der Waals surface area (Å²) in [6.45, 7) is 3.18. The van der Waals surface area contributed by atoms with Crippen LogP contribution in [-0.2, 0) is 11.3 Å². The molecule has 0 aliphatic rings. The Morgan fingerprint density at radius 1 is 1.04 bits per heavy atom. The number of amides is 1. The number of para-hydroxylation sites is 3. The second-order valence-corrected chi connectivity index (χ2v) is 6.66. The summed E-state index contributed by atoms with van der Waals surface area (Å²) in [6.07, 6.45) is 2.09. The standard InChI is InChI=1S/C21H22N4O/c1-3-4-13-24(2)19(26)14-25-18-12-8-5-9-15(18)20-21(25)23-17-11-7-6-10-16(17)22-20/h5-12H,3-4,13-14H2,1-2H3. The Morgan fingerprint density at radius 2 is 1.73 bits per heavy atom. The van der Waals surface area contributed by atoms with Gasteiger partial charge >= 0.3 is 0 Å². The largest absolute Gasteiger partial charge is 0.344 e. The van der Waals surface area contributed by atoms with E-state index in [2.05, 4.69) is 6.92 Å². The van der Waals surface area contributed by atoms with Gasteiger partial charge in [-0.25, -0.2) is 9.97 Å². The summed E-state index contributed by atoms with van der Waals surface area (Å²) in [5.74, 6) is 0.0936. The summed E-state index contributed by atoms with van der Waals surface area (Å²) in [6, 6.07) is 15.9. The van der Waals surface area contributed by atoms with E-state index in [0.29, 0.717) is 0 Å². The van der Waals surface area contributed by atoms with Crippen LogP contribution < -0.4 is 0 Å².